The summed E-state index contributed by atoms with van der Waals surface area (Å²) in [6.07, 6.45) is 13.4. The Kier molecular flexibility index (Phi) is 12.5. The molecule has 0 spiro atoms. The lowest BCUT2D eigenvalue weighted by Gasteiger charge is -2.27. The summed E-state index contributed by atoms with van der Waals surface area (Å²) in [5, 5.41) is 0. The molecule has 0 saturated carbocycles. The fourth-order valence-corrected chi connectivity index (χ4v) is 5.10. The number of ether oxygens (including phenoxy) is 3. The van der Waals surface area contributed by atoms with E-state index >= 15 is 4.39 Å². The zero-order valence-electron chi connectivity index (χ0n) is 24.8. The average molecular weight is 581 g/mol. The molecule has 1 saturated heterocycles. The maximum atomic E-state index is 15.1. The standard InChI is InChI=1S/C36H43F3O3/c1-3-5-7-8-10-22-40-33-21-20-31(35(38)36(33)39)29-17-15-28(16-18-29)30-19-14-26(23-32(30)37)12-13-27-24-41-34(42-25-27)11-9-6-4-2/h12-21,23,27,34H,3-11,22,24-25H2,1-2H3. The first-order valence-electron chi connectivity index (χ1n) is 15.4. The molecule has 0 aromatic heterocycles. The van der Waals surface area contributed by atoms with Gasteiger partial charge in [0.1, 0.15) is 5.82 Å². The molecule has 3 aromatic rings. The van der Waals surface area contributed by atoms with Crippen LogP contribution in [-0.2, 0) is 9.47 Å². The molecular weight excluding hydrogens is 537 g/mol. The van der Waals surface area contributed by atoms with E-state index in [2.05, 4.69) is 13.8 Å². The third-order valence-corrected chi connectivity index (χ3v) is 7.65. The van der Waals surface area contributed by atoms with Gasteiger partial charge in [0.15, 0.2) is 17.9 Å². The fourth-order valence-electron chi connectivity index (χ4n) is 5.10. The third kappa shape index (κ3) is 8.95. The molecule has 1 aliphatic heterocycles. The van der Waals surface area contributed by atoms with Crippen LogP contribution in [0.4, 0.5) is 13.2 Å². The normalized spacial score (nSPS) is 17.2. The first kappa shape index (κ1) is 31.8. The number of halogens is 3. The van der Waals surface area contributed by atoms with E-state index in [-0.39, 0.29) is 29.3 Å². The Labute approximate surface area is 248 Å². The predicted octanol–water partition coefficient (Wildman–Crippen LogP) is 10.4. The van der Waals surface area contributed by atoms with Crippen molar-refractivity contribution < 1.29 is 27.4 Å². The van der Waals surface area contributed by atoms with Crippen molar-refractivity contribution in [2.45, 2.75) is 77.9 Å². The van der Waals surface area contributed by atoms with Crippen LogP contribution in [0.2, 0.25) is 0 Å². The molecule has 0 radical (unpaired) electrons. The summed E-state index contributed by atoms with van der Waals surface area (Å²) >= 11 is 0. The van der Waals surface area contributed by atoms with Crippen LogP contribution in [0.5, 0.6) is 5.75 Å². The van der Waals surface area contributed by atoms with E-state index in [0.717, 1.165) is 50.5 Å². The Hall–Kier alpha value is -3.09. The molecule has 1 heterocycles. The number of unbranched alkanes of at least 4 members (excludes halogenated alkanes) is 6. The van der Waals surface area contributed by atoms with E-state index in [0.29, 0.717) is 36.5 Å². The molecule has 6 heteroatoms. The van der Waals surface area contributed by atoms with Crippen LogP contribution in [0.15, 0.2) is 60.7 Å². The van der Waals surface area contributed by atoms with E-state index in [1.807, 2.05) is 18.2 Å². The van der Waals surface area contributed by atoms with Crippen LogP contribution in [0.1, 0.15) is 77.2 Å². The predicted molar refractivity (Wildman–Crippen MR) is 164 cm³/mol. The second-order valence-electron chi connectivity index (χ2n) is 11.0. The van der Waals surface area contributed by atoms with Crippen molar-refractivity contribution in [1.29, 1.82) is 0 Å². The highest BCUT2D eigenvalue weighted by molar-refractivity contribution is 5.72. The minimum Gasteiger partial charge on any atom is -0.490 e. The lowest BCUT2D eigenvalue weighted by molar-refractivity contribution is -0.195. The van der Waals surface area contributed by atoms with Gasteiger partial charge in [-0.2, -0.15) is 4.39 Å². The van der Waals surface area contributed by atoms with Gasteiger partial charge in [-0.3, -0.25) is 0 Å². The van der Waals surface area contributed by atoms with Gasteiger partial charge in [-0.1, -0.05) is 101 Å². The van der Waals surface area contributed by atoms with E-state index in [1.165, 1.54) is 31.0 Å². The summed E-state index contributed by atoms with van der Waals surface area (Å²) in [5.41, 5.74) is 2.48. The van der Waals surface area contributed by atoms with Gasteiger partial charge in [0.2, 0.25) is 5.82 Å². The summed E-state index contributed by atoms with van der Waals surface area (Å²) in [6, 6.07) is 14.9. The van der Waals surface area contributed by atoms with Gasteiger partial charge < -0.3 is 14.2 Å². The Balaban J connectivity index is 1.34. The van der Waals surface area contributed by atoms with Crippen molar-refractivity contribution in [1.82, 2.24) is 0 Å². The van der Waals surface area contributed by atoms with Crippen LogP contribution in [-0.4, -0.2) is 26.1 Å². The molecule has 0 atom stereocenters. The second kappa shape index (κ2) is 16.5. The van der Waals surface area contributed by atoms with Gasteiger partial charge in [-0.05, 0) is 54.2 Å². The summed E-state index contributed by atoms with van der Waals surface area (Å²) in [5.74, 6) is -2.24. The maximum Gasteiger partial charge on any atom is 0.201 e. The fraction of sp³-hybridized carbons (Fsp3) is 0.444. The van der Waals surface area contributed by atoms with Crippen LogP contribution in [0.25, 0.3) is 28.3 Å². The molecule has 226 valence electrons. The van der Waals surface area contributed by atoms with Gasteiger partial charge in [0, 0.05) is 17.0 Å². The second-order valence-corrected chi connectivity index (χ2v) is 11.0. The van der Waals surface area contributed by atoms with E-state index in [4.69, 9.17) is 14.2 Å². The van der Waals surface area contributed by atoms with Gasteiger partial charge in [0.05, 0.1) is 19.8 Å². The van der Waals surface area contributed by atoms with E-state index < -0.39 is 11.6 Å². The first-order chi connectivity index (χ1) is 20.5. The average Bonchev–Trinajstić information content (AvgIpc) is 3.01. The molecule has 0 N–H and O–H groups in total. The van der Waals surface area contributed by atoms with Crippen molar-refractivity contribution in [3.8, 4) is 28.0 Å². The molecule has 1 fully saturated rings. The lowest BCUT2D eigenvalue weighted by Crippen LogP contribution is -2.31. The van der Waals surface area contributed by atoms with Crippen LogP contribution in [0.3, 0.4) is 0 Å². The topological polar surface area (TPSA) is 27.7 Å². The summed E-state index contributed by atoms with van der Waals surface area (Å²) < 4.78 is 61.8. The lowest BCUT2D eigenvalue weighted by atomic mass is 9.98. The molecule has 0 amide bonds. The minimum absolute atomic E-state index is 0.0743. The van der Waals surface area contributed by atoms with E-state index in [9.17, 15) is 8.78 Å². The molecule has 0 unspecified atom stereocenters. The third-order valence-electron chi connectivity index (χ3n) is 7.65. The van der Waals surface area contributed by atoms with E-state index in [1.54, 1.807) is 30.3 Å². The first-order valence-corrected chi connectivity index (χ1v) is 15.4. The van der Waals surface area contributed by atoms with Crippen molar-refractivity contribution in [2.24, 2.45) is 5.92 Å². The minimum atomic E-state index is -0.988. The maximum absolute atomic E-state index is 15.1. The largest absolute Gasteiger partial charge is 0.490 e. The Bertz CT molecular complexity index is 1280. The highest BCUT2D eigenvalue weighted by atomic mass is 19.2. The number of rotatable bonds is 15. The van der Waals surface area contributed by atoms with Crippen LogP contribution < -0.4 is 4.74 Å². The summed E-state index contributed by atoms with van der Waals surface area (Å²) in [6.45, 7) is 5.87. The van der Waals surface area contributed by atoms with Gasteiger partial charge in [0.25, 0.3) is 0 Å². The van der Waals surface area contributed by atoms with Crippen LogP contribution >= 0.6 is 0 Å². The summed E-state index contributed by atoms with van der Waals surface area (Å²) in [7, 11) is 0. The summed E-state index contributed by atoms with van der Waals surface area (Å²) in [4.78, 5) is 0. The zero-order chi connectivity index (χ0) is 29.7. The van der Waals surface area contributed by atoms with Crippen molar-refractivity contribution in [3.05, 3.63) is 83.7 Å². The molecule has 3 nitrogen and oxygen atoms in total. The number of hydrogen-bond donors (Lipinski definition) is 0. The van der Waals surface area contributed by atoms with Gasteiger partial charge in [-0.25, -0.2) is 8.78 Å². The molecule has 0 aliphatic carbocycles. The Morgan fingerprint density at radius 3 is 2.07 bits per heavy atom. The Morgan fingerprint density at radius 1 is 0.738 bits per heavy atom. The molecule has 0 bridgehead atoms. The smallest absolute Gasteiger partial charge is 0.201 e. The molecule has 4 rings (SSSR count). The monoisotopic (exact) mass is 580 g/mol. The zero-order valence-corrected chi connectivity index (χ0v) is 24.8. The van der Waals surface area contributed by atoms with Crippen molar-refractivity contribution in [2.75, 3.05) is 19.8 Å². The molecule has 3 aromatic carbocycles. The Morgan fingerprint density at radius 2 is 1.38 bits per heavy atom. The molecular formula is C36H43F3O3. The van der Waals surface area contributed by atoms with Crippen LogP contribution in [0, 0.1) is 23.4 Å². The SMILES string of the molecule is CCCCCCCOc1ccc(-c2ccc(-c3ccc(C=CC4COC(CCCCC)OC4)cc3F)cc2)c(F)c1F. The van der Waals surface area contributed by atoms with Gasteiger partial charge in [-0.15, -0.1) is 0 Å². The van der Waals surface area contributed by atoms with Crippen molar-refractivity contribution in [3.63, 3.8) is 0 Å². The molecule has 1 aliphatic rings. The van der Waals surface area contributed by atoms with Crippen molar-refractivity contribution >= 4 is 6.08 Å². The number of benzene rings is 3. The highest BCUT2D eigenvalue weighted by Crippen LogP contribution is 2.32. The van der Waals surface area contributed by atoms with Gasteiger partial charge >= 0.3 is 0 Å². The number of hydrogen-bond acceptors (Lipinski definition) is 3. The highest BCUT2D eigenvalue weighted by Gasteiger charge is 2.20. The quantitative estimate of drug-likeness (QED) is 0.167. The molecule has 42 heavy (non-hydrogen) atoms.